The Morgan fingerprint density at radius 3 is 2.06 bits per heavy atom. The summed E-state index contributed by atoms with van der Waals surface area (Å²) < 4.78 is 3.02. The number of aliphatic hydroxyl groups excluding tert-OH is 1. The van der Waals surface area contributed by atoms with Gasteiger partial charge < -0.3 is 5.11 Å². The summed E-state index contributed by atoms with van der Waals surface area (Å²) >= 11 is 24.3. The van der Waals surface area contributed by atoms with E-state index in [1.54, 1.807) is 42.9 Å². The second kappa shape index (κ2) is 7.84. The molecular formula is C20H12Cl4N4O3. The summed E-state index contributed by atoms with van der Waals surface area (Å²) in [6, 6.07) is 8.96. The Balaban J connectivity index is 1.83. The summed E-state index contributed by atoms with van der Waals surface area (Å²) in [5, 5.41) is 17.9. The Morgan fingerprint density at radius 1 is 0.871 bits per heavy atom. The normalized spacial score (nSPS) is 13.5. The van der Waals surface area contributed by atoms with Crippen LogP contribution in [0.15, 0.2) is 51.1 Å². The first-order valence-corrected chi connectivity index (χ1v) is 10.3. The number of azo groups is 1. The molecule has 0 bridgehead atoms. The van der Waals surface area contributed by atoms with Crippen LogP contribution in [0.2, 0.25) is 20.1 Å². The van der Waals surface area contributed by atoms with Crippen molar-refractivity contribution in [3.05, 3.63) is 83.3 Å². The van der Waals surface area contributed by atoms with E-state index < -0.39 is 22.8 Å². The minimum atomic E-state index is -0.737. The van der Waals surface area contributed by atoms with Gasteiger partial charge in [-0.1, -0.05) is 64.6 Å². The predicted molar refractivity (Wildman–Crippen MR) is 121 cm³/mol. The molecule has 1 heterocycles. The Morgan fingerprint density at radius 2 is 1.45 bits per heavy atom. The van der Waals surface area contributed by atoms with Crippen molar-refractivity contribution in [1.82, 2.24) is 9.36 Å². The van der Waals surface area contributed by atoms with E-state index >= 15 is 0 Å². The molecule has 2 aromatic carbocycles. The lowest BCUT2D eigenvalue weighted by atomic mass is 10.1. The van der Waals surface area contributed by atoms with Crippen LogP contribution in [0.4, 0.5) is 5.69 Å². The molecule has 7 nitrogen and oxygen atoms in total. The standard InChI is InChI=1S/C20H12Cl4N4O3/c1-8-16(20(31)28(27(8)2)9-6-4-3-5-7-9)25-26-17-18(29)10-11(19(17)30)13(22)15(24)14(23)12(10)21/h3-7,29H,1-2H3/b26-25+. The van der Waals surface area contributed by atoms with Gasteiger partial charge in [0.05, 0.1) is 42.6 Å². The van der Waals surface area contributed by atoms with E-state index in [1.165, 1.54) is 4.68 Å². The smallest absolute Gasteiger partial charge is 0.299 e. The van der Waals surface area contributed by atoms with Crippen LogP contribution in [0, 0.1) is 6.92 Å². The maximum Gasteiger partial charge on any atom is 0.299 e. The zero-order chi connectivity index (χ0) is 22.6. The van der Waals surface area contributed by atoms with Gasteiger partial charge in [-0.2, -0.15) is 0 Å². The number of allylic oxidation sites excluding steroid dienone is 1. The van der Waals surface area contributed by atoms with E-state index in [0.29, 0.717) is 11.4 Å². The molecule has 1 aliphatic carbocycles. The van der Waals surface area contributed by atoms with Crippen LogP contribution in [-0.2, 0) is 7.05 Å². The molecule has 0 unspecified atom stereocenters. The fourth-order valence-electron chi connectivity index (χ4n) is 3.27. The quantitative estimate of drug-likeness (QED) is 0.261. The van der Waals surface area contributed by atoms with Gasteiger partial charge in [-0.05, 0) is 19.1 Å². The summed E-state index contributed by atoms with van der Waals surface area (Å²) in [6.07, 6.45) is 0. The molecule has 0 radical (unpaired) electrons. The highest BCUT2D eigenvalue weighted by molar-refractivity contribution is 6.54. The van der Waals surface area contributed by atoms with Gasteiger partial charge in [0.1, 0.15) is 0 Å². The van der Waals surface area contributed by atoms with Gasteiger partial charge >= 0.3 is 0 Å². The number of carbonyl (C=O) groups excluding carboxylic acids is 1. The van der Waals surface area contributed by atoms with Crippen LogP contribution in [-0.4, -0.2) is 20.3 Å². The van der Waals surface area contributed by atoms with E-state index in [2.05, 4.69) is 10.2 Å². The van der Waals surface area contributed by atoms with Crippen molar-refractivity contribution < 1.29 is 9.90 Å². The number of halogens is 4. The number of carbonyl (C=O) groups is 1. The Hall–Kier alpha value is -2.58. The molecule has 1 aliphatic rings. The third-order valence-corrected chi connectivity index (χ3v) is 6.75. The van der Waals surface area contributed by atoms with Gasteiger partial charge in [0.15, 0.2) is 17.1 Å². The molecule has 1 N–H and O–H groups in total. The molecule has 0 saturated carbocycles. The third-order valence-electron chi connectivity index (χ3n) is 4.94. The van der Waals surface area contributed by atoms with Crippen molar-refractivity contribution in [3.63, 3.8) is 0 Å². The Labute approximate surface area is 195 Å². The predicted octanol–water partition coefficient (Wildman–Crippen LogP) is 6.30. The van der Waals surface area contributed by atoms with Gasteiger partial charge in [-0.15, -0.1) is 10.2 Å². The first-order valence-electron chi connectivity index (χ1n) is 8.76. The van der Waals surface area contributed by atoms with Crippen LogP contribution >= 0.6 is 46.4 Å². The van der Waals surface area contributed by atoms with Gasteiger partial charge in [0, 0.05) is 7.05 Å². The third kappa shape index (κ3) is 3.20. The number of Topliss-reactive ketones (excluding diaryl/α,β-unsaturated/α-hetero) is 1. The largest absolute Gasteiger partial charge is 0.505 e. The zero-order valence-electron chi connectivity index (χ0n) is 16.0. The fraction of sp³-hybridized carbons (Fsp3) is 0.100. The number of hydrogen-bond donors (Lipinski definition) is 1. The number of nitrogens with zero attached hydrogens (tertiary/aromatic N) is 4. The van der Waals surface area contributed by atoms with Crippen molar-refractivity contribution >= 4 is 63.6 Å². The lowest BCUT2D eigenvalue weighted by Crippen LogP contribution is -2.19. The number of fused-ring (bicyclic) bond motifs is 1. The molecule has 0 spiro atoms. The van der Waals surface area contributed by atoms with Crippen molar-refractivity contribution in [1.29, 1.82) is 0 Å². The second-order valence-corrected chi connectivity index (χ2v) is 8.15. The van der Waals surface area contributed by atoms with Crippen molar-refractivity contribution in [3.8, 4) is 5.69 Å². The highest BCUT2D eigenvalue weighted by Gasteiger charge is 2.37. The molecular weight excluding hydrogens is 486 g/mol. The number of benzene rings is 2. The molecule has 3 aromatic rings. The highest BCUT2D eigenvalue weighted by Crippen LogP contribution is 2.48. The van der Waals surface area contributed by atoms with Crippen molar-refractivity contribution in [2.45, 2.75) is 6.92 Å². The van der Waals surface area contributed by atoms with Crippen molar-refractivity contribution in [2.24, 2.45) is 17.3 Å². The summed E-state index contributed by atoms with van der Waals surface area (Å²) in [6.45, 7) is 1.68. The molecule has 0 amide bonds. The topological polar surface area (TPSA) is 89.0 Å². The number of hydrogen-bond acceptors (Lipinski definition) is 5. The first-order chi connectivity index (χ1) is 14.7. The SMILES string of the molecule is Cc1c(/N=N/C2=C(O)c3c(Cl)c(Cl)c(Cl)c(Cl)c3C2=O)c(=O)n(-c2ccccc2)n1C. The lowest BCUT2D eigenvalue weighted by Gasteiger charge is -2.08. The molecule has 4 rings (SSSR count). The van der Waals surface area contributed by atoms with E-state index in [1.807, 2.05) is 6.07 Å². The number of para-hydroxylation sites is 1. The maximum atomic E-state index is 12.9. The molecule has 0 fully saturated rings. The van der Waals surface area contributed by atoms with Crippen LogP contribution in [0.1, 0.15) is 21.6 Å². The summed E-state index contributed by atoms with van der Waals surface area (Å²) in [5.74, 6) is -1.29. The van der Waals surface area contributed by atoms with Gasteiger partial charge in [0.25, 0.3) is 5.56 Å². The molecule has 0 atom stereocenters. The van der Waals surface area contributed by atoms with E-state index in [9.17, 15) is 14.7 Å². The minimum Gasteiger partial charge on any atom is -0.505 e. The molecule has 0 saturated heterocycles. The van der Waals surface area contributed by atoms with Crippen LogP contribution in [0.5, 0.6) is 0 Å². The molecule has 0 aliphatic heterocycles. The van der Waals surface area contributed by atoms with Gasteiger partial charge in [0.2, 0.25) is 5.78 Å². The van der Waals surface area contributed by atoms with E-state index in [-0.39, 0.29) is 36.9 Å². The number of aliphatic hydroxyl groups is 1. The average Bonchev–Trinajstić information content (AvgIpc) is 3.13. The van der Waals surface area contributed by atoms with Gasteiger partial charge in [-0.25, -0.2) is 4.68 Å². The average molecular weight is 498 g/mol. The lowest BCUT2D eigenvalue weighted by molar-refractivity contribution is 0.103. The number of rotatable bonds is 3. The Bertz CT molecular complexity index is 1390. The first kappa shape index (κ1) is 21.6. The van der Waals surface area contributed by atoms with E-state index in [4.69, 9.17) is 46.4 Å². The zero-order valence-corrected chi connectivity index (χ0v) is 19.0. The number of aromatic nitrogens is 2. The highest BCUT2D eigenvalue weighted by atomic mass is 35.5. The molecule has 31 heavy (non-hydrogen) atoms. The Kier molecular flexibility index (Phi) is 5.47. The molecule has 1 aromatic heterocycles. The fourth-order valence-corrected chi connectivity index (χ4v) is 4.30. The van der Waals surface area contributed by atoms with Crippen LogP contribution in [0.25, 0.3) is 11.4 Å². The minimum absolute atomic E-state index is 0.00340. The molecule has 158 valence electrons. The van der Waals surface area contributed by atoms with E-state index in [0.717, 1.165) is 0 Å². The van der Waals surface area contributed by atoms with Crippen LogP contribution in [0.3, 0.4) is 0 Å². The molecule has 11 heteroatoms. The summed E-state index contributed by atoms with van der Waals surface area (Å²) in [7, 11) is 1.69. The number of ketones is 1. The van der Waals surface area contributed by atoms with Crippen LogP contribution < -0.4 is 5.56 Å². The van der Waals surface area contributed by atoms with Crippen molar-refractivity contribution in [2.75, 3.05) is 0 Å². The van der Waals surface area contributed by atoms with Gasteiger partial charge in [-0.3, -0.25) is 14.3 Å². The maximum absolute atomic E-state index is 12.9. The summed E-state index contributed by atoms with van der Waals surface area (Å²) in [5.41, 5.74) is 0.0666. The second-order valence-electron chi connectivity index (χ2n) is 6.64. The monoisotopic (exact) mass is 496 g/mol. The summed E-state index contributed by atoms with van der Waals surface area (Å²) in [4.78, 5) is 25.8.